The van der Waals surface area contributed by atoms with Crippen molar-refractivity contribution in [1.82, 2.24) is 0 Å². The van der Waals surface area contributed by atoms with Crippen LogP contribution in [0.4, 0.5) is 0 Å². The fourth-order valence-corrected chi connectivity index (χ4v) is 1.91. The van der Waals surface area contributed by atoms with Crippen LogP contribution in [-0.2, 0) is 0 Å². The third kappa shape index (κ3) is 4.11. The molecule has 0 aliphatic heterocycles. The summed E-state index contributed by atoms with van der Waals surface area (Å²) >= 11 is 5.80. The molecule has 0 saturated heterocycles. The summed E-state index contributed by atoms with van der Waals surface area (Å²) in [7, 11) is 0. The van der Waals surface area contributed by atoms with E-state index in [9.17, 15) is 9.90 Å². The number of aromatic hydroxyl groups is 1. The van der Waals surface area contributed by atoms with Crippen molar-refractivity contribution in [2.45, 2.75) is 0 Å². The van der Waals surface area contributed by atoms with E-state index < -0.39 is 0 Å². The monoisotopic (exact) mass is 313 g/mol. The molecule has 0 unspecified atom stereocenters. The molecule has 2 aromatic carbocycles. The Morgan fingerprint density at radius 1 is 1.27 bits per heavy atom. The van der Waals surface area contributed by atoms with Gasteiger partial charge in [-0.2, -0.15) is 5.26 Å². The first-order valence-corrected chi connectivity index (χ1v) is 6.78. The number of nitriles is 1. The summed E-state index contributed by atoms with van der Waals surface area (Å²) in [6.07, 6.45) is 3.04. The fourth-order valence-electron chi connectivity index (χ4n) is 1.73. The molecule has 22 heavy (non-hydrogen) atoms. The molecule has 0 fully saturated rings. The van der Waals surface area contributed by atoms with Gasteiger partial charge in [-0.15, -0.1) is 0 Å². The number of phenols is 1. The van der Waals surface area contributed by atoms with E-state index in [0.29, 0.717) is 16.9 Å². The highest BCUT2D eigenvalue weighted by Crippen LogP contribution is 2.24. The van der Waals surface area contributed by atoms with Crippen molar-refractivity contribution in [3.63, 3.8) is 0 Å². The second-order valence-electron chi connectivity index (χ2n) is 4.38. The van der Waals surface area contributed by atoms with E-state index in [-0.39, 0.29) is 23.2 Å². The lowest BCUT2D eigenvalue weighted by molar-refractivity contribution is 0.104. The third-order valence-corrected chi connectivity index (χ3v) is 3.14. The maximum Gasteiger partial charge on any atom is 0.185 e. The van der Waals surface area contributed by atoms with Gasteiger partial charge in [-0.1, -0.05) is 23.7 Å². The number of benzene rings is 2. The first-order valence-electron chi connectivity index (χ1n) is 6.41. The molecular weight excluding hydrogens is 302 g/mol. The van der Waals surface area contributed by atoms with Crippen LogP contribution >= 0.6 is 11.6 Å². The molecule has 5 heteroatoms. The van der Waals surface area contributed by atoms with Crippen LogP contribution in [0.5, 0.6) is 11.5 Å². The Labute approximate surface area is 132 Å². The molecule has 0 aliphatic rings. The average Bonchev–Trinajstić information content (AvgIpc) is 2.54. The van der Waals surface area contributed by atoms with Crippen molar-refractivity contribution in [3.05, 3.63) is 64.7 Å². The van der Waals surface area contributed by atoms with Gasteiger partial charge in [0.25, 0.3) is 0 Å². The minimum Gasteiger partial charge on any atom is -0.506 e. The number of hydrogen-bond donors (Lipinski definition) is 1. The Bertz CT molecular complexity index is 745. The molecule has 4 nitrogen and oxygen atoms in total. The zero-order valence-corrected chi connectivity index (χ0v) is 12.2. The summed E-state index contributed by atoms with van der Waals surface area (Å²) in [5.41, 5.74) is 1.22. The molecule has 2 rings (SSSR count). The number of ether oxygens (including phenoxy) is 1. The van der Waals surface area contributed by atoms with Gasteiger partial charge in [0, 0.05) is 5.56 Å². The van der Waals surface area contributed by atoms with Gasteiger partial charge in [0.15, 0.2) is 12.4 Å². The second-order valence-corrected chi connectivity index (χ2v) is 4.79. The van der Waals surface area contributed by atoms with E-state index in [0.717, 1.165) is 0 Å². The first-order chi connectivity index (χ1) is 10.6. The number of ketones is 1. The van der Waals surface area contributed by atoms with Crippen LogP contribution < -0.4 is 4.74 Å². The summed E-state index contributed by atoms with van der Waals surface area (Å²) in [5.74, 6) is 0.363. The Hall–Kier alpha value is -2.77. The van der Waals surface area contributed by atoms with Crippen LogP contribution in [0.2, 0.25) is 5.02 Å². The van der Waals surface area contributed by atoms with E-state index in [4.69, 9.17) is 21.6 Å². The zero-order valence-electron chi connectivity index (χ0n) is 11.5. The maximum atomic E-state index is 12.0. The molecule has 0 spiro atoms. The van der Waals surface area contributed by atoms with E-state index in [1.807, 2.05) is 6.07 Å². The Balaban J connectivity index is 2.06. The van der Waals surface area contributed by atoms with Crippen LogP contribution in [0.25, 0.3) is 6.08 Å². The van der Waals surface area contributed by atoms with Gasteiger partial charge in [-0.05, 0) is 48.0 Å². The van der Waals surface area contributed by atoms with E-state index >= 15 is 0 Å². The van der Waals surface area contributed by atoms with Gasteiger partial charge in [-0.3, -0.25) is 4.79 Å². The highest BCUT2D eigenvalue weighted by atomic mass is 35.5. The lowest BCUT2D eigenvalue weighted by Gasteiger charge is -2.02. The molecule has 0 bridgehead atoms. The van der Waals surface area contributed by atoms with Crippen molar-refractivity contribution in [2.24, 2.45) is 0 Å². The quantitative estimate of drug-likeness (QED) is 0.672. The maximum absolute atomic E-state index is 12.0. The number of halogens is 1. The Morgan fingerprint density at radius 3 is 2.64 bits per heavy atom. The number of phenolic OH excluding ortho intramolecular Hbond substituents is 1. The van der Waals surface area contributed by atoms with Gasteiger partial charge in [0.1, 0.15) is 17.6 Å². The van der Waals surface area contributed by atoms with E-state index in [1.165, 1.54) is 12.1 Å². The topological polar surface area (TPSA) is 70.3 Å². The van der Waals surface area contributed by atoms with Crippen molar-refractivity contribution >= 4 is 23.5 Å². The van der Waals surface area contributed by atoms with Crippen molar-refractivity contribution in [3.8, 4) is 17.6 Å². The predicted octanol–water partition coefficient (Wildman–Crippen LogP) is 3.84. The summed E-state index contributed by atoms with van der Waals surface area (Å²) in [6.45, 7) is -0.0329. The molecule has 0 saturated carbocycles. The highest BCUT2D eigenvalue weighted by Gasteiger charge is 2.03. The Kier molecular flexibility index (Phi) is 5.18. The zero-order chi connectivity index (χ0) is 15.9. The smallest absolute Gasteiger partial charge is 0.185 e. The van der Waals surface area contributed by atoms with Gasteiger partial charge >= 0.3 is 0 Å². The first kappa shape index (κ1) is 15.6. The van der Waals surface area contributed by atoms with Crippen molar-refractivity contribution < 1.29 is 14.6 Å². The fraction of sp³-hybridized carbons (Fsp3) is 0.0588. The second kappa shape index (κ2) is 7.30. The summed E-state index contributed by atoms with van der Waals surface area (Å²) in [6, 6.07) is 13.1. The molecule has 0 atom stereocenters. The largest absolute Gasteiger partial charge is 0.506 e. The molecule has 0 radical (unpaired) electrons. The van der Waals surface area contributed by atoms with Crippen LogP contribution in [-0.4, -0.2) is 17.5 Å². The van der Waals surface area contributed by atoms with Crippen LogP contribution in [0.3, 0.4) is 0 Å². The molecule has 0 aliphatic carbocycles. The molecule has 0 amide bonds. The summed E-state index contributed by atoms with van der Waals surface area (Å²) in [4.78, 5) is 12.0. The van der Waals surface area contributed by atoms with Gasteiger partial charge < -0.3 is 9.84 Å². The van der Waals surface area contributed by atoms with Crippen LogP contribution in [0, 0.1) is 11.3 Å². The number of allylic oxidation sites excluding steroid dienone is 1. The number of hydrogen-bond acceptors (Lipinski definition) is 4. The molecular formula is C17H12ClNO3. The molecule has 110 valence electrons. The normalized spacial score (nSPS) is 10.4. The summed E-state index contributed by atoms with van der Waals surface area (Å²) in [5, 5.41) is 18.0. The van der Waals surface area contributed by atoms with E-state index in [2.05, 4.69) is 0 Å². The lowest BCUT2D eigenvalue weighted by atomic mass is 10.1. The third-order valence-electron chi connectivity index (χ3n) is 2.84. The molecule has 0 aromatic heterocycles. The number of rotatable bonds is 5. The summed E-state index contributed by atoms with van der Waals surface area (Å²) < 4.78 is 5.11. The van der Waals surface area contributed by atoms with E-state index in [1.54, 1.807) is 42.5 Å². The minimum absolute atomic E-state index is 0.00176. The number of carbonyl (C=O) groups is 1. The molecule has 0 heterocycles. The van der Waals surface area contributed by atoms with Gasteiger partial charge in [-0.25, -0.2) is 0 Å². The van der Waals surface area contributed by atoms with Crippen LogP contribution in [0.15, 0.2) is 48.5 Å². The average molecular weight is 314 g/mol. The van der Waals surface area contributed by atoms with Gasteiger partial charge in [0.05, 0.1) is 5.02 Å². The lowest BCUT2D eigenvalue weighted by Crippen LogP contribution is -1.96. The Morgan fingerprint density at radius 2 is 2.00 bits per heavy atom. The predicted molar refractivity (Wildman–Crippen MR) is 84.0 cm³/mol. The number of carbonyl (C=O) groups excluding carboxylic acids is 1. The SMILES string of the molecule is N#CCOc1ccc(C(=O)/C=C/c2ccc(O)c(Cl)c2)cc1. The van der Waals surface area contributed by atoms with Crippen molar-refractivity contribution in [1.29, 1.82) is 5.26 Å². The molecule has 2 aromatic rings. The molecule has 1 N–H and O–H groups in total. The van der Waals surface area contributed by atoms with Gasteiger partial charge in [0.2, 0.25) is 0 Å². The minimum atomic E-state index is -0.170. The van der Waals surface area contributed by atoms with Crippen molar-refractivity contribution in [2.75, 3.05) is 6.61 Å². The highest BCUT2D eigenvalue weighted by molar-refractivity contribution is 6.32. The number of nitrogens with zero attached hydrogens (tertiary/aromatic N) is 1. The van der Waals surface area contributed by atoms with Crippen LogP contribution in [0.1, 0.15) is 15.9 Å². The standard InChI is InChI=1S/C17H12ClNO3/c18-15-11-12(2-8-17(15)21)1-7-16(20)13-3-5-14(6-4-13)22-10-9-19/h1-8,11,21H,10H2/b7-1+.